The van der Waals surface area contributed by atoms with Crippen molar-refractivity contribution >= 4 is 0 Å². The summed E-state index contributed by atoms with van der Waals surface area (Å²) >= 11 is 0. The molecule has 0 bridgehead atoms. The van der Waals surface area contributed by atoms with Crippen LogP contribution in [-0.4, -0.2) is 6.04 Å². The van der Waals surface area contributed by atoms with E-state index >= 15 is 0 Å². The van der Waals surface area contributed by atoms with Crippen molar-refractivity contribution in [1.82, 2.24) is 5.32 Å². The molecule has 0 spiro atoms. The molecule has 2 aromatic rings. The second kappa shape index (κ2) is 7.79. The first-order chi connectivity index (χ1) is 10.2. The SMILES string of the molecule is CC[C@@H](C)NCc1cccc(OCc2ccccc2F)c1. The summed E-state index contributed by atoms with van der Waals surface area (Å²) in [5.41, 5.74) is 1.74. The summed E-state index contributed by atoms with van der Waals surface area (Å²) in [6.07, 6.45) is 1.10. The summed E-state index contributed by atoms with van der Waals surface area (Å²) in [5, 5.41) is 3.44. The molecule has 2 rings (SSSR count). The van der Waals surface area contributed by atoms with Gasteiger partial charge in [0.05, 0.1) is 0 Å². The minimum absolute atomic E-state index is 0.230. The molecule has 0 aliphatic heterocycles. The van der Waals surface area contributed by atoms with Crippen LogP contribution in [0, 0.1) is 5.82 Å². The van der Waals surface area contributed by atoms with Crippen molar-refractivity contribution in [3.8, 4) is 5.75 Å². The molecule has 0 saturated heterocycles. The zero-order valence-electron chi connectivity index (χ0n) is 12.6. The lowest BCUT2D eigenvalue weighted by Gasteiger charge is -2.12. The number of hydrogen-bond acceptors (Lipinski definition) is 2. The van der Waals surface area contributed by atoms with Crippen molar-refractivity contribution in [2.45, 2.75) is 39.5 Å². The van der Waals surface area contributed by atoms with E-state index in [1.165, 1.54) is 11.6 Å². The van der Waals surface area contributed by atoms with E-state index in [2.05, 4.69) is 25.2 Å². The normalized spacial score (nSPS) is 12.1. The Labute approximate surface area is 126 Å². The van der Waals surface area contributed by atoms with Crippen LogP contribution in [0.2, 0.25) is 0 Å². The van der Waals surface area contributed by atoms with Crippen molar-refractivity contribution in [1.29, 1.82) is 0 Å². The third-order valence-corrected chi connectivity index (χ3v) is 3.52. The number of hydrogen-bond donors (Lipinski definition) is 1. The van der Waals surface area contributed by atoms with Crippen LogP contribution in [0.25, 0.3) is 0 Å². The monoisotopic (exact) mass is 287 g/mol. The van der Waals surface area contributed by atoms with E-state index in [0.29, 0.717) is 11.6 Å². The lowest BCUT2D eigenvalue weighted by atomic mass is 10.2. The van der Waals surface area contributed by atoms with Crippen LogP contribution in [0.3, 0.4) is 0 Å². The van der Waals surface area contributed by atoms with E-state index in [1.807, 2.05) is 24.3 Å². The molecule has 1 atom stereocenters. The Bertz CT molecular complexity index is 571. The number of halogens is 1. The van der Waals surface area contributed by atoms with Crippen LogP contribution in [0.5, 0.6) is 5.75 Å². The lowest BCUT2D eigenvalue weighted by Crippen LogP contribution is -2.24. The molecule has 0 aliphatic carbocycles. The van der Waals surface area contributed by atoms with E-state index in [0.717, 1.165) is 18.7 Å². The fraction of sp³-hybridized carbons (Fsp3) is 0.333. The summed E-state index contributed by atoms with van der Waals surface area (Å²) in [6.45, 7) is 5.38. The predicted molar refractivity (Wildman–Crippen MR) is 83.8 cm³/mol. The number of ether oxygens (including phenoxy) is 1. The van der Waals surface area contributed by atoms with Crippen LogP contribution >= 0.6 is 0 Å². The third kappa shape index (κ3) is 4.87. The Morgan fingerprint density at radius 1 is 1.14 bits per heavy atom. The molecule has 0 fully saturated rings. The lowest BCUT2D eigenvalue weighted by molar-refractivity contribution is 0.299. The zero-order chi connectivity index (χ0) is 15.1. The van der Waals surface area contributed by atoms with Gasteiger partial charge in [0.25, 0.3) is 0 Å². The number of rotatable bonds is 7. The molecule has 0 aliphatic rings. The van der Waals surface area contributed by atoms with Gasteiger partial charge in [-0.2, -0.15) is 0 Å². The van der Waals surface area contributed by atoms with Crippen LogP contribution in [-0.2, 0) is 13.2 Å². The number of nitrogens with one attached hydrogen (secondary N) is 1. The molecule has 1 N–H and O–H groups in total. The van der Waals surface area contributed by atoms with E-state index < -0.39 is 0 Å². The summed E-state index contributed by atoms with van der Waals surface area (Å²) in [6, 6.07) is 15.1. The summed E-state index contributed by atoms with van der Waals surface area (Å²) in [4.78, 5) is 0. The van der Waals surface area contributed by atoms with Gasteiger partial charge in [0.1, 0.15) is 18.2 Å². The number of benzene rings is 2. The highest BCUT2D eigenvalue weighted by molar-refractivity contribution is 5.29. The molecule has 0 saturated carbocycles. The Morgan fingerprint density at radius 2 is 1.95 bits per heavy atom. The van der Waals surface area contributed by atoms with Gasteiger partial charge >= 0.3 is 0 Å². The van der Waals surface area contributed by atoms with Crippen LogP contribution < -0.4 is 10.1 Å². The molecule has 3 heteroatoms. The molecular weight excluding hydrogens is 265 g/mol. The van der Waals surface area contributed by atoms with E-state index in [1.54, 1.807) is 12.1 Å². The van der Waals surface area contributed by atoms with Crippen LogP contribution in [0.4, 0.5) is 4.39 Å². The smallest absolute Gasteiger partial charge is 0.129 e. The van der Waals surface area contributed by atoms with Crippen LogP contribution in [0.1, 0.15) is 31.4 Å². The second-order valence-electron chi connectivity index (χ2n) is 5.22. The minimum Gasteiger partial charge on any atom is -0.489 e. The van der Waals surface area contributed by atoms with Crippen molar-refractivity contribution in [3.05, 3.63) is 65.5 Å². The molecule has 0 amide bonds. The van der Waals surface area contributed by atoms with Gasteiger partial charge in [-0.15, -0.1) is 0 Å². The summed E-state index contributed by atoms with van der Waals surface area (Å²) in [5.74, 6) is 0.536. The minimum atomic E-state index is -0.230. The van der Waals surface area contributed by atoms with Crippen molar-refractivity contribution in [3.63, 3.8) is 0 Å². The van der Waals surface area contributed by atoms with Crippen molar-refractivity contribution in [2.75, 3.05) is 0 Å². The van der Waals surface area contributed by atoms with Gasteiger partial charge < -0.3 is 10.1 Å². The average Bonchev–Trinajstić information content (AvgIpc) is 2.52. The molecule has 0 aromatic heterocycles. The predicted octanol–water partition coefficient (Wildman–Crippen LogP) is 4.29. The van der Waals surface area contributed by atoms with Gasteiger partial charge in [-0.3, -0.25) is 0 Å². The Morgan fingerprint density at radius 3 is 2.71 bits per heavy atom. The quantitative estimate of drug-likeness (QED) is 0.820. The first kappa shape index (κ1) is 15.5. The fourth-order valence-electron chi connectivity index (χ4n) is 1.96. The maximum absolute atomic E-state index is 13.5. The van der Waals surface area contributed by atoms with Gasteiger partial charge in [-0.1, -0.05) is 37.3 Å². The maximum atomic E-state index is 13.5. The summed E-state index contributed by atoms with van der Waals surface area (Å²) in [7, 11) is 0. The molecule has 2 nitrogen and oxygen atoms in total. The highest BCUT2D eigenvalue weighted by Gasteiger charge is 2.03. The Hall–Kier alpha value is -1.87. The molecule has 2 aromatic carbocycles. The van der Waals surface area contributed by atoms with E-state index in [4.69, 9.17) is 4.74 Å². The van der Waals surface area contributed by atoms with E-state index in [9.17, 15) is 4.39 Å². The van der Waals surface area contributed by atoms with Crippen molar-refractivity contribution < 1.29 is 9.13 Å². The topological polar surface area (TPSA) is 21.3 Å². The maximum Gasteiger partial charge on any atom is 0.129 e. The molecular formula is C18H22FNO. The second-order valence-corrected chi connectivity index (χ2v) is 5.22. The van der Waals surface area contributed by atoms with Gasteiger partial charge in [-0.25, -0.2) is 4.39 Å². The average molecular weight is 287 g/mol. The van der Waals surface area contributed by atoms with Gasteiger partial charge in [0, 0.05) is 18.2 Å². The zero-order valence-corrected chi connectivity index (χ0v) is 12.6. The Kier molecular flexibility index (Phi) is 5.76. The molecule has 0 radical (unpaired) electrons. The highest BCUT2D eigenvalue weighted by Crippen LogP contribution is 2.16. The van der Waals surface area contributed by atoms with E-state index in [-0.39, 0.29) is 12.4 Å². The molecule has 0 unspecified atom stereocenters. The first-order valence-electron chi connectivity index (χ1n) is 7.37. The van der Waals surface area contributed by atoms with Gasteiger partial charge in [0.15, 0.2) is 0 Å². The molecule has 21 heavy (non-hydrogen) atoms. The first-order valence-corrected chi connectivity index (χ1v) is 7.37. The fourth-order valence-corrected chi connectivity index (χ4v) is 1.96. The largest absolute Gasteiger partial charge is 0.489 e. The van der Waals surface area contributed by atoms with Gasteiger partial charge in [-0.05, 0) is 37.1 Å². The van der Waals surface area contributed by atoms with Crippen molar-refractivity contribution in [2.24, 2.45) is 0 Å². The van der Waals surface area contributed by atoms with Crippen LogP contribution in [0.15, 0.2) is 48.5 Å². The standard InChI is InChI=1S/C18H22FNO/c1-3-14(2)20-12-15-7-6-9-17(11-15)21-13-16-8-4-5-10-18(16)19/h4-11,14,20H,3,12-13H2,1-2H3/t14-/m1/s1. The third-order valence-electron chi connectivity index (χ3n) is 3.52. The summed E-state index contributed by atoms with van der Waals surface area (Å²) < 4.78 is 19.2. The highest BCUT2D eigenvalue weighted by atomic mass is 19.1. The molecule has 112 valence electrons. The molecule has 0 heterocycles. The Balaban J connectivity index is 1.93. The van der Waals surface area contributed by atoms with Gasteiger partial charge in [0.2, 0.25) is 0 Å².